The first kappa shape index (κ1) is 23.9. The van der Waals surface area contributed by atoms with Gasteiger partial charge in [-0.25, -0.2) is 8.42 Å². The number of likely N-dealkylation sites (tertiary alicyclic amines) is 1. The Morgan fingerprint density at radius 1 is 0.939 bits per heavy atom. The number of carbonyl (C=O) groups is 1. The summed E-state index contributed by atoms with van der Waals surface area (Å²) in [5.74, 6) is 0.940. The van der Waals surface area contributed by atoms with E-state index in [0.29, 0.717) is 19.6 Å². The van der Waals surface area contributed by atoms with Crippen LogP contribution in [0.5, 0.6) is 0 Å². The Bertz CT molecular complexity index is 1000. The van der Waals surface area contributed by atoms with Crippen LogP contribution in [0.2, 0.25) is 0 Å². The van der Waals surface area contributed by atoms with Crippen LogP contribution in [0.3, 0.4) is 0 Å². The van der Waals surface area contributed by atoms with E-state index in [-0.39, 0.29) is 17.4 Å². The van der Waals surface area contributed by atoms with E-state index in [1.807, 2.05) is 35.2 Å². The number of rotatable bonds is 7. The molecule has 2 aromatic carbocycles. The summed E-state index contributed by atoms with van der Waals surface area (Å²) in [5.41, 5.74) is 3.25. The van der Waals surface area contributed by atoms with Crippen molar-refractivity contribution in [1.29, 1.82) is 0 Å². The zero-order chi connectivity index (χ0) is 23.3. The van der Waals surface area contributed by atoms with Gasteiger partial charge in [-0.1, -0.05) is 61.5 Å². The number of benzene rings is 2. The number of carbonyl (C=O) groups excluding carboxylic acids is 1. The van der Waals surface area contributed by atoms with E-state index < -0.39 is 15.9 Å². The van der Waals surface area contributed by atoms with E-state index >= 15 is 0 Å². The molecule has 33 heavy (non-hydrogen) atoms. The summed E-state index contributed by atoms with van der Waals surface area (Å²) in [5, 5.41) is 3.08. The third-order valence-corrected chi connectivity index (χ3v) is 8.49. The normalized spacial score (nSPS) is 20.9. The topological polar surface area (TPSA) is 69.7 Å². The average Bonchev–Trinajstić information content (AvgIpc) is 2.82. The Labute approximate surface area is 197 Å². The smallest absolute Gasteiger partial charge is 0.242 e. The molecule has 1 N–H and O–H groups in total. The van der Waals surface area contributed by atoms with E-state index in [1.54, 1.807) is 0 Å². The summed E-state index contributed by atoms with van der Waals surface area (Å²) in [6.45, 7) is 6.84. The van der Waals surface area contributed by atoms with Crippen molar-refractivity contribution < 1.29 is 13.2 Å². The second kappa shape index (κ2) is 10.8. The molecule has 0 bridgehead atoms. The van der Waals surface area contributed by atoms with Crippen LogP contribution in [0.4, 0.5) is 0 Å². The second-order valence-corrected chi connectivity index (χ2v) is 11.8. The molecular weight excluding hydrogens is 434 g/mol. The summed E-state index contributed by atoms with van der Waals surface area (Å²) in [4.78, 5) is 17.7. The van der Waals surface area contributed by atoms with Crippen molar-refractivity contribution in [2.24, 2.45) is 5.92 Å². The molecule has 4 rings (SSSR count). The van der Waals surface area contributed by atoms with Gasteiger partial charge in [0.15, 0.2) is 9.84 Å². The van der Waals surface area contributed by atoms with Crippen LogP contribution in [-0.4, -0.2) is 61.8 Å². The maximum absolute atomic E-state index is 13.2. The molecule has 2 heterocycles. The molecule has 2 aliphatic rings. The predicted molar refractivity (Wildman–Crippen MR) is 131 cm³/mol. The fourth-order valence-corrected chi connectivity index (χ4v) is 5.90. The fraction of sp³-hybridized carbons (Fsp3) is 0.500. The summed E-state index contributed by atoms with van der Waals surface area (Å²) < 4.78 is 23.7. The summed E-state index contributed by atoms with van der Waals surface area (Å²) >= 11 is 0. The summed E-state index contributed by atoms with van der Waals surface area (Å²) in [7, 11) is -3.01. The van der Waals surface area contributed by atoms with Gasteiger partial charge in [0.25, 0.3) is 0 Å². The monoisotopic (exact) mass is 469 g/mol. The molecule has 0 saturated carbocycles. The van der Waals surface area contributed by atoms with Crippen LogP contribution < -0.4 is 5.32 Å². The average molecular weight is 470 g/mol. The Hall–Kier alpha value is -2.22. The first-order valence-electron chi connectivity index (χ1n) is 12.0. The Balaban J connectivity index is 1.36. The highest BCUT2D eigenvalue weighted by Crippen LogP contribution is 2.23. The van der Waals surface area contributed by atoms with Crippen molar-refractivity contribution >= 4 is 15.7 Å². The lowest BCUT2D eigenvalue weighted by Crippen LogP contribution is -2.47. The lowest BCUT2D eigenvalue weighted by atomic mass is 9.99. The Morgan fingerprint density at radius 2 is 1.55 bits per heavy atom. The number of hydrogen-bond acceptors (Lipinski definition) is 5. The van der Waals surface area contributed by atoms with Crippen LogP contribution in [-0.2, 0) is 27.7 Å². The minimum Gasteiger partial charge on any atom is -0.350 e. The number of hydrogen-bond donors (Lipinski definition) is 1. The van der Waals surface area contributed by atoms with Gasteiger partial charge in [0, 0.05) is 26.2 Å². The van der Waals surface area contributed by atoms with Crippen LogP contribution >= 0.6 is 0 Å². The first-order valence-corrected chi connectivity index (χ1v) is 13.8. The summed E-state index contributed by atoms with van der Waals surface area (Å²) in [6, 6.07) is 17.6. The van der Waals surface area contributed by atoms with Gasteiger partial charge < -0.3 is 5.32 Å². The van der Waals surface area contributed by atoms with E-state index in [4.69, 9.17) is 0 Å². The molecule has 2 aromatic rings. The zero-order valence-electron chi connectivity index (χ0n) is 19.4. The molecule has 1 unspecified atom stereocenters. The third kappa shape index (κ3) is 6.65. The third-order valence-electron chi connectivity index (χ3n) is 6.88. The number of sulfone groups is 1. The number of nitrogens with one attached hydrogen (secondary N) is 1. The van der Waals surface area contributed by atoms with Crippen LogP contribution in [0, 0.1) is 5.92 Å². The highest BCUT2D eigenvalue weighted by atomic mass is 32.2. The number of piperidine rings is 1. The lowest BCUT2D eigenvalue weighted by molar-refractivity contribution is -0.126. The van der Waals surface area contributed by atoms with Crippen molar-refractivity contribution in [3.05, 3.63) is 71.3 Å². The second-order valence-electron chi connectivity index (χ2n) is 9.49. The zero-order valence-corrected chi connectivity index (χ0v) is 20.3. The van der Waals surface area contributed by atoms with E-state index in [2.05, 4.69) is 41.4 Å². The van der Waals surface area contributed by atoms with Gasteiger partial charge >= 0.3 is 0 Å². The number of amides is 1. The molecule has 7 heteroatoms. The van der Waals surface area contributed by atoms with Crippen molar-refractivity contribution in [1.82, 2.24) is 15.1 Å². The van der Waals surface area contributed by atoms with Gasteiger partial charge in [-0.3, -0.25) is 14.6 Å². The Kier molecular flexibility index (Phi) is 7.83. The molecule has 2 fully saturated rings. The van der Waals surface area contributed by atoms with E-state index in [9.17, 15) is 13.2 Å². The molecule has 2 aliphatic heterocycles. The highest BCUT2D eigenvalue weighted by molar-refractivity contribution is 7.91. The first-order chi connectivity index (χ1) is 15.9. The van der Waals surface area contributed by atoms with Crippen molar-refractivity contribution in [3.63, 3.8) is 0 Å². The van der Waals surface area contributed by atoms with Crippen LogP contribution in [0.15, 0.2) is 54.6 Å². The quantitative estimate of drug-likeness (QED) is 0.675. The molecule has 0 aromatic heterocycles. The molecule has 178 valence electrons. The predicted octanol–water partition coefficient (Wildman–Crippen LogP) is 3.01. The van der Waals surface area contributed by atoms with Crippen molar-refractivity contribution in [3.8, 4) is 0 Å². The van der Waals surface area contributed by atoms with Crippen LogP contribution in [0.25, 0.3) is 0 Å². The van der Waals surface area contributed by atoms with Crippen LogP contribution in [0.1, 0.15) is 42.5 Å². The van der Waals surface area contributed by atoms with Crippen molar-refractivity contribution in [2.45, 2.75) is 38.9 Å². The maximum atomic E-state index is 13.2. The minimum atomic E-state index is -3.01. The molecule has 6 nitrogen and oxygen atoms in total. The van der Waals surface area contributed by atoms with Gasteiger partial charge in [0.1, 0.15) is 6.04 Å². The van der Waals surface area contributed by atoms with Gasteiger partial charge in [-0.2, -0.15) is 0 Å². The van der Waals surface area contributed by atoms with Gasteiger partial charge in [0.05, 0.1) is 11.5 Å². The molecule has 0 aliphatic carbocycles. The lowest BCUT2D eigenvalue weighted by Gasteiger charge is -2.33. The van der Waals surface area contributed by atoms with Gasteiger partial charge in [-0.15, -0.1) is 0 Å². The van der Waals surface area contributed by atoms with Crippen molar-refractivity contribution in [2.75, 3.05) is 37.7 Å². The standard InChI is InChI=1S/C26H35N3O3S/c1-21-11-13-28(14-12-21)20-23-9-7-22(8-10-23)19-27-26(30)25(24-5-3-2-4-6-24)29-15-17-33(31,32)18-16-29/h2-10,21,25H,11-20H2,1H3,(H,27,30). The molecule has 0 radical (unpaired) electrons. The largest absolute Gasteiger partial charge is 0.350 e. The highest BCUT2D eigenvalue weighted by Gasteiger charge is 2.32. The van der Waals surface area contributed by atoms with E-state index in [0.717, 1.165) is 36.7 Å². The van der Waals surface area contributed by atoms with Gasteiger partial charge in [0.2, 0.25) is 5.91 Å². The summed E-state index contributed by atoms with van der Waals surface area (Å²) in [6.07, 6.45) is 2.55. The minimum absolute atomic E-state index is 0.0907. The fourth-order valence-electron chi connectivity index (χ4n) is 4.67. The molecular formula is C26H35N3O3S. The maximum Gasteiger partial charge on any atom is 0.242 e. The molecule has 1 atom stereocenters. The molecule has 2 saturated heterocycles. The van der Waals surface area contributed by atoms with Gasteiger partial charge in [-0.05, 0) is 48.5 Å². The SMILES string of the molecule is CC1CCN(Cc2ccc(CNC(=O)C(c3ccccc3)N3CCS(=O)(=O)CC3)cc2)CC1. The molecule has 1 amide bonds. The molecule has 0 spiro atoms. The Morgan fingerprint density at radius 3 is 2.18 bits per heavy atom. The number of nitrogens with zero attached hydrogens (tertiary/aromatic N) is 2. The van der Waals surface area contributed by atoms with E-state index in [1.165, 1.54) is 18.4 Å².